The zero-order valence-electron chi connectivity index (χ0n) is 12.7. The number of hydrogen-bond donors (Lipinski definition) is 1. The van der Waals surface area contributed by atoms with E-state index in [2.05, 4.69) is 5.32 Å². The van der Waals surface area contributed by atoms with Gasteiger partial charge in [0, 0.05) is 31.1 Å². The first-order chi connectivity index (χ1) is 10.1. The Labute approximate surface area is 131 Å². The normalized spacial score (nSPS) is 18.2. The van der Waals surface area contributed by atoms with Crippen LogP contribution in [0.5, 0.6) is 0 Å². The molecule has 2 rings (SSSR count). The van der Waals surface area contributed by atoms with E-state index in [0.717, 1.165) is 30.8 Å². The molecule has 1 saturated heterocycles. The van der Waals surface area contributed by atoms with Crippen LogP contribution in [-0.4, -0.2) is 45.1 Å². The van der Waals surface area contributed by atoms with Gasteiger partial charge in [0.05, 0.1) is 6.10 Å². The smallest absolute Gasteiger partial charge is 0.252 e. The number of rotatable bonds is 7. The molecule has 2 heterocycles. The third-order valence-electron chi connectivity index (χ3n) is 3.58. The van der Waals surface area contributed by atoms with Crippen molar-refractivity contribution in [2.45, 2.75) is 43.5 Å². The van der Waals surface area contributed by atoms with E-state index in [1.807, 2.05) is 19.9 Å². The molecular formula is C14H24N2O3S2. The fourth-order valence-corrected chi connectivity index (χ4v) is 5.39. The Morgan fingerprint density at radius 1 is 1.33 bits per heavy atom. The van der Waals surface area contributed by atoms with E-state index < -0.39 is 10.0 Å². The summed E-state index contributed by atoms with van der Waals surface area (Å²) in [5, 5.41) is 3.21. The molecule has 1 N–H and O–H groups in total. The van der Waals surface area contributed by atoms with Crippen molar-refractivity contribution in [3.8, 4) is 0 Å². The van der Waals surface area contributed by atoms with Crippen LogP contribution in [0.15, 0.2) is 16.3 Å². The molecule has 5 nitrogen and oxygen atoms in total. The summed E-state index contributed by atoms with van der Waals surface area (Å²) in [6.45, 7) is 7.40. The van der Waals surface area contributed by atoms with Gasteiger partial charge < -0.3 is 10.1 Å². The molecule has 0 aromatic carbocycles. The van der Waals surface area contributed by atoms with Crippen molar-refractivity contribution in [2.75, 3.05) is 26.2 Å². The van der Waals surface area contributed by atoms with Gasteiger partial charge in [-0.2, -0.15) is 4.31 Å². The molecule has 0 radical (unpaired) electrons. The molecule has 21 heavy (non-hydrogen) atoms. The monoisotopic (exact) mass is 332 g/mol. The van der Waals surface area contributed by atoms with Gasteiger partial charge in [0.25, 0.3) is 10.0 Å². The third kappa shape index (κ3) is 4.26. The van der Waals surface area contributed by atoms with Gasteiger partial charge in [0.15, 0.2) is 0 Å². The molecule has 1 aliphatic heterocycles. The van der Waals surface area contributed by atoms with Crippen LogP contribution in [0, 0.1) is 0 Å². The average molecular weight is 332 g/mol. The lowest BCUT2D eigenvalue weighted by Gasteiger charge is -2.30. The van der Waals surface area contributed by atoms with E-state index in [0.29, 0.717) is 23.9 Å². The summed E-state index contributed by atoms with van der Waals surface area (Å²) in [7, 11) is -3.34. The summed E-state index contributed by atoms with van der Waals surface area (Å²) in [5.74, 6) is 0. The highest BCUT2D eigenvalue weighted by atomic mass is 32.2. The van der Waals surface area contributed by atoms with Crippen LogP contribution in [0.4, 0.5) is 0 Å². The van der Waals surface area contributed by atoms with E-state index in [1.165, 1.54) is 11.3 Å². The van der Waals surface area contributed by atoms with Crippen molar-refractivity contribution in [3.63, 3.8) is 0 Å². The molecular weight excluding hydrogens is 308 g/mol. The number of piperidine rings is 1. The summed E-state index contributed by atoms with van der Waals surface area (Å²) in [6.07, 6.45) is 1.76. The van der Waals surface area contributed by atoms with Gasteiger partial charge >= 0.3 is 0 Å². The van der Waals surface area contributed by atoms with Crippen LogP contribution >= 0.6 is 11.3 Å². The van der Waals surface area contributed by atoms with E-state index in [9.17, 15) is 8.42 Å². The van der Waals surface area contributed by atoms with Crippen LogP contribution in [0.2, 0.25) is 0 Å². The number of sulfonamides is 1. The van der Waals surface area contributed by atoms with E-state index in [4.69, 9.17) is 4.74 Å². The molecule has 0 spiro atoms. The fraction of sp³-hybridized carbons (Fsp3) is 0.714. The maximum absolute atomic E-state index is 12.6. The van der Waals surface area contributed by atoms with Gasteiger partial charge in [0.2, 0.25) is 0 Å². The minimum atomic E-state index is -3.34. The van der Waals surface area contributed by atoms with Gasteiger partial charge in [-0.3, -0.25) is 0 Å². The minimum Gasteiger partial charge on any atom is -0.378 e. The molecule has 0 unspecified atom stereocenters. The van der Waals surface area contributed by atoms with Crippen LogP contribution in [0.1, 0.15) is 31.6 Å². The van der Waals surface area contributed by atoms with Crippen LogP contribution in [-0.2, 0) is 21.3 Å². The van der Waals surface area contributed by atoms with Crippen LogP contribution < -0.4 is 5.32 Å². The lowest BCUT2D eigenvalue weighted by molar-refractivity contribution is 0.0290. The average Bonchev–Trinajstić information content (AvgIpc) is 2.96. The molecule has 0 amide bonds. The highest BCUT2D eigenvalue weighted by Crippen LogP contribution is 2.27. The van der Waals surface area contributed by atoms with Crippen molar-refractivity contribution in [3.05, 3.63) is 17.0 Å². The van der Waals surface area contributed by atoms with Gasteiger partial charge in [-0.1, -0.05) is 6.92 Å². The molecule has 1 fully saturated rings. The first-order valence-corrected chi connectivity index (χ1v) is 9.74. The molecule has 120 valence electrons. The Morgan fingerprint density at radius 3 is 2.67 bits per heavy atom. The second-order valence-electron chi connectivity index (χ2n) is 5.06. The standard InChI is InChI=1S/C14H24N2O3S2/c1-3-15-11-13-5-6-14(20-13)21(17,18)16-9-7-12(8-10-16)19-4-2/h5-6,12,15H,3-4,7-11H2,1-2H3. The molecule has 1 aliphatic rings. The van der Waals surface area contributed by atoms with E-state index in [1.54, 1.807) is 10.4 Å². The van der Waals surface area contributed by atoms with Crippen LogP contribution in [0.3, 0.4) is 0 Å². The summed E-state index contributed by atoms with van der Waals surface area (Å²) in [6, 6.07) is 3.62. The topological polar surface area (TPSA) is 58.6 Å². The van der Waals surface area contributed by atoms with Gasteiger partial charge in [0.1, 0.15) is 4.21 Å². The van der Waals surface area contributed by atoms with Crippen molar-refractivity contribution in [1.29, 1.82) is 0 Å². The quantitative estimate of drug-likeness (QED) is 0.830. The molecule has 0 saturated carbocycles. The first kappa shape index (κ1) is 16.9. The summed E-state index contributed by atoms with van der Waals surface area (Å²) >= 11 is 1.36. The van der Waals surface area contributed by atoms with Crippen molar-refractivity contribution in [1.82, 2.24) is 9.62 Å². The predicted molar refractivity (Wildman–Crippen MR) is 85.1 cm³/mol. The Balaban J connectivity index is 2.00. The van der Waals surface area contributed by atoms with E-state index >= 15 is 0 Å². The molecule has 0 aliphatic carbocycles. The predicted octanol–water partition coefficient (Wildman–Crippen LogP) is 2.05. The first-order valence-electron chi connectivity index (χ1n) is 7.49. The van der Waals surface area contributed by atoms with Crippen LogP contribution in [0.25, 0.3) is 0 Å². The summed E-state index contributed by atoms with van der Waals surface area (Å²) < 4.78 is 32.8. The molecule has 1 aromatic heterocycles. The number of hydrogen-bond acceptors (Lipinski definition) is 5. The van der Waals surface area contributed by atoms with Crippen molar-refractivity contribution < 1.29 is 13.2 Å². The lowest BCUT2D eigenvalue weighted by atomic mass is 10.1. The zero-order chi connectivity index (χ0) is 15.3. The Morgan fingerprint density at radius 2 is 2.05 bits per heavy atom. The fourth-order valence-electron chi connectivity index (χ4n) is 2.44. The molecule has 0 atom stereocenters. The summed E-state index contributed by atoms with van der Waals surface area (Å²) in [5.41, 5.74) is 0. The van der Waals surface area contributed by atoms with E-state index in [-0.39, 0.29) is 6.10 Å². The number of nitrogens with one attached hydrogen (secondary N) is 1. The SMILES string of the molecule is CCNCc1ccc(S(=O)(=O)N2CCC(OCC)CC2)s1. The van der Waals surface area contributed by atoms with Gasteiger partial charge in [-0.15, -0.1) is 11.3 Å². The second-order valence-corrected chi connectivity index (χ2v) is 8.39. The number of nitrogens with zero attached hydrogens (tertiary/aromatic N) is 1. The summed E-state index contributed by atoms with van der Waals surface area (Å²) in [4.78, 5) is 1.06. The van der Waals surface area contributed by atoms with Gasteiger partial charge in [-0.25, -0.2) is 8.42 Å². The maximum atomic E-state index is 12.6. The van der Waals surface area contributed by atoms with Gasteiger partial charge in [-0.05, 0) is 38.4 Å². The highest BCUT2D eigenvalue weighted by Gasteiger charge is 2.30. The molecule has 1 aromatic rings. The van der Waals surface area contributed by atoms with Crippen molar-refractivity contribution >= 4 is 21.4 Å². The lowest BCUT2D eigenvalue weighted by Crippen LogP contribution is -2.40. The third-order valence-corrected chi connectivity index (χ3v) is 7.03. The zero-order valence-corrected chi connectivity index (χ0v) is 14.3. The highest BCUT2D eigenvalue weighted by molar-refractivity contribution is 7.91. The Kier molecular flexibility index (Phi) is 6.19. The Bertz CT molecular complexity index is 534. The minimum absolute atomic E-state index is 0.203. The Hall–Kier alpha value is -0.470. The number of ether oxygens (including phenoxy) is 1. The number of thiophene rings is 1. The second kappa shape index (κ2) is 7.69. The molecule has 7 heteroatoms. The van der Waals surface area contributed by atoms with Crippen molar-refractivity contribution in [2.24, 2.45) is 0 Å². The maximum Gasteiger partial charge on any atom is 0.252 e. The largest absolute Gasteiger partial charge is 0.378 e. The molecule has 0 bridgehead atoms.